The molecule has 1 heterocycles. The lowest BCUT2D eigenvalue weighted by atomic mass is 9.93. The molecule has 0 saturated carbocycles. The number of β-amino-alcohol motifs (C(OH)–C–C–N with tert-alkyl or cyclic N) is 1. The summed E-state index contributed by atoms with van der Waals surface area (Å²) < 4.78 is 18.0. The number of methoxy groups -OCH3 is 1. The number of hydrogen-bond acceptors (Lipinski definition) is 4. The van der Waals surface area contributed by atoms with E-state index in [1.807, 2.05) is 30.3 Å². The molecule has 2 aromatic rings. The molecule has 0 amide bonds. The molecule has 1 N–H and O–H groups in total. The third-order valence-corrected chi connectivity index (χ3v) is 5.28. The number of carbonyl (C=O) groups is 1. The molecular formula is C22H26FNO3. The van der Waals surface area contributed by atoms with Gasteiger partial charge in [0.2, 0.25) is 0 Å². The zero-order valence-corrected chi connectivity index (χ0v) is 15.6. The highest BCUT2D eigenvalue weighted by atomic mass is 19.1. The van der Waals surface area contributed by atoms with Gasteiger partial charge >= 0.3 is 5.97 Å². The minimum Gasteiger partial charge on any atom is -0.469 e. The summed E-state index contributed by atoms with van der Waals surface area (Å²) in [7, 11) is 1.41. The van der Waals surface area contributed by atoms with Crippen LogP contribution in [0.4, 0.5) is 4.39 Å². The van der Waals surface area contributed by atoms with Gasteiger partial charge in [0.05, 0.1) is 18.6 Å². The van der Waals surface area contributed by atoms with Crippen LogP contribution >= 0.6 is 0 Å². The summed E-state index contributed by atoms with van der Waals surface area (Å²) in [6.45, 7) is 2.04. The second kappa shape index (κ2) is 8.63. The van der Waals surface area contributed by atoms with Crippen molar-refractivity contribution in [3.63, 3.8) is 0 Å². The highest BCUT2D eigenvalue weighted by molar-refractivity contribution is 5.78. The fourth-order valence-corrected chi connectivity index (χ4v) is 3.82. The Morgan fingerprint density at radius 3 is 2.59 bits per heavy atom. The summed E-state index contributed by atoms with van der Waals surface area (Å²) in [4.78, 5) is 14.4. The average Bonchev–Trinajstić information content (AvgIpc) is 3.05. The molecule has 3 rings (SSSR count). The zero-order valence-electron chi connectivity index (χ0n) is 15.6. The van der Waals surface area contributed by atoms with Gasteiger partial charge in [0.1, 0.15) is 5.82 Å². The third kappa shape index (κ3) is 5.15. The maximum atomic E-state index is 13.1. The first-order valence-electron chi connectivity index (χ1n) is 9.31. The summed E-state index contributed by atoms with van der Waals surface area (Å²) >= 11 is 0. The van der Waals surface area contributed by atoms with Gasteiger partial charge in [-0.05, 0) is 42.6 Å². The van der Waals surface area contributed by atoms with E-state index in [9.17, 15) is 14.3 Å². The van der Waals surface area contributed by atoms with Gasteiger partial charge in [-0.25, -0.2) is 4.39 Å². The SMILES string of the molecule is COC(=O)C(CCN1CCC(O)(Cc2ccc(F)cc2)C1)c1ccccc1. The van der Waals surface area contributed by atoms with E-state index in [1.165, 1.54) is 19.2 Å². The van der Waals surface area contributed by atoms with Crippen LogP contribution in [0.5, 0.6) is 0 Å². The fourth-order valence-electron chi connectivity index (χ4n) is 3.82. The number of halogens is 1. The molecular weight excluding hydrogens is 345 g/mol. The van der Waals surface area contributed by atoms with Gasteiger partial charge in [0.15, 0.2) is 0 Å². The van der Waals surface area contributed by atoms with Crippen molar-refractivity contribution in [2.75, 3.05) is 26.7 Å². The first-order valence-corrected chi connectivity index (χ1v) is 9.31. The Morgan fingerprint density at radius 2 is 1.93 bits per heavy atom. The van der Waals surface area contributed by atoms with Crippen LogP contribution in [0.25, 0.3) is 0 Å². The predicted molar refractivity (Wildman–Crippen MR) is 102 cm³/mol. The van der Waals surface area contributed by atoms with Crippen molar-refractivity contribution in [3.05, 3.63) is 71.5 Å². The van der Waals surface area contributed by atoms with Gasteiger partial charge in [0.25, 0.3) is 0 Å². The van der Waals surface area contributed by atoms with E-state index in [-0.39, 0.29) is 17.7 Å². The average molecular weight is 371 g/mol. The van der Waals surface area contributed by atoms with E-state index >= 15 is 0 Å². The van der Waals surface area contributed by atoms with Crippen LogP contribution in [0.2, 0.25) is 0 Å². The van der Waals surface area contributed by atoms with E-state index in [4.69, 9.17) is 4.74 Å². The van der Waals surface area contributed by atoms with Crippen molar-refractivity contribution >= 4 is 5.97 Å². The van der Waals surface area contributed by atoms with E-state index < -0.39 is 5.60 Å². The molecule has 0 aromatic heterocycles. The number of benzene rings is 2. The second-order valence-corrected chi connectivity index (χ2v) is 7.33. The molecule has 1 aliphatic rings. The van der Waals surface area contributed by atoms with Gasteiger partial charge in [-0.15, -0.1) is 0 Å². The van der Waals surface area contributed by atoms with Gasteiger partial charge in [-0.1, -0.05) is 42.5 Å². The number of hydrogen-bond donors (Lipinski definition) is 1. The molecule has 2 atom stereocenters. The first-order chi connectivity index (χ1) is 13.0. The standard InChI is InChI=1S/C22H26FNO3/c1-27-21(25)20(18-5-3-2-4-6-18)11-13-24-14-12-22(26,16-24)15-17-7-9-19(23)10-8-17/h2-10,20,26H,11-16H2,1H3. The van der Waals surface area contributed by atoms with Crippen molar-refractivity contribution in [2.24, 2.45) is 0 Å². The lowest BCUT2D eigenvalue weighted by molar-refractivity contribution is -0.142. The van der Waals surface area contributed by atoms with Gasteiger partial charge < -0.3 is 14.7 Å². The predicted octanol–water partition coefficient (Wildman–Crippen LogP) is 3.15. The van der Waals surface area contributed by atoms with Crippen molar-refractivity contribution in [2.45, 2.75) is 30.8 Å². The van der Waals surface area contributed by atoms with Crippen LogP contribution < -0.4 is 0 Å². The number of ether oxygens (including phenoxy) is 1. The molecule has 1 saturated heterocycles. The number of likely N-dealkylation sites (tertiary alicyclic amines) is 1. The monoisotopic (exact) mass is 371 g/mol. The van der Waals surface area contributed by atoms with Gasteiger partial charge in [0, 0.05) is 19.5 Å². The number of esters is 1. The summed E-state index contributed by atoms with van der Waals surface area (Å²) in [6, 6.07) is 15.9. The summed E-state index contributed by atoms with van der Waals surface area (Å²) in [5, 5.41) is 10.9. The second-order valence-electron chi connectivity index (χ2n) is 7.33. The topological polar surface area (TPSA) is 49.8 Å². The lowest BCUT2D eigenvalue weighted by Gasteiger charge is -2.24. The molecule has 2 unspecified atom stereocenters. The minimum atomic E-state index is -0.814. The molecule has 0 spiro atoms. The van der Waals surface area contributed by atoms with E-state index in [1.54, 1.807) is 12.1 Å². The van der Waals surface area contributed by atoms with Gasteiger partial charge in [-0.2, -0.15) is 0 Å². The molecule has 0 radical (unpaired) electrons. The Bertz CT molecular complexity index is 750. The number of nitrogens with zero attached hydrogens (tertiary/aromatic N) is 1. The molecule has 5 heteroatoms. The summed E-state index contributed by atoms with van der Waals surface area (Å²) in [5.74, 6) is -0.808. The lowest BCUT2D eigenvalue weighted by Crippen LogP contribution is -2.36. The Balaban J connectivity index is 1.58. The number of rotatable bonds is 7. The van der Waals surface area contributed by atoms with Crippen LogP contribution in [-0.4, -0.2) is 48.3 Å². The van der Waals surface area contributed by atoms with Crippen LogP contribution in [0, 0.1) is 5.82 Å². The van der Waals surface area contributed by atoms with Crippen LogP contribution in [0.15, 0.2) is 54.6 Å². The summed E-state index contributed by atoms with van der Waals surface area (Å²) in [5.41, 5.74) is 1.06. The Labute approximate surface area is 159 Å². The molecule has 1 aliphatic heterocycles. The van der Waals surface area contributed by atoms with E-state index in [0.29, 0.717) is 32.4 Å². The van der Waals surface area contributed by atoms with Crippen LogP contribution in [-0.2, 0) is 16.0 Å². The number of aliphatic hydroxyl groups is 1. The van der Waals surface area contributed by atoms with Crippen molar-refractivity contribution < 1.29 is 19.0 Å². The van der Waals surface area contributed by atoms with Gasteiger partial charge in [-0.3, -0.25) is 4.79 Å². The van der Waals surface area contributed by atoms with Crippen molar-refractivity contribution in [3.8, 4) is 0 Å². The zero-order chi connectivity index (χ0) is 19.3. The molecule has 27 heavy (non-hydrogen) atoms. The highest BCUT2D eigenvalue weighted by Gasteiger charge is 2.36. The quantitative estimate of drug-likeness (QED) is 0.760. The molecule has 144 valence electrons. The smallest absolute Gasteiger partial charge is 0.313 e. The molecule has 0 aliphatic carbocycles. The maximum Gasteiger partial charge on any atom is 0.313 e. The number of carbonyl (C=O) groups excluding carboxylic acids is 1. The minimum absolute atomic E-state index is 0.234. The molecule has 0 bridgehead atoms. The molecule has 1 fully saturated rings. The van der Waals surface area contributed by atoms with Crippen LogP contribution in [0.1, 0.15) is 29.9 Å². The largest absolute Gasteiger partial charge is 0.469 e. The highest BCUT2D eigenvalue weighted by Crippen LogP contribution is 2.28. The first kappa shape index (κ1) is 19.5. The van der Waals surface area contributed by atoms with Crippen molar-refractivity contribution in [1.82, 2.24) is 4.90 Å². The normalized spacial score (nSPS) is 21.1. The molecule has 2 aromatic carbocycles. The Kier molecular flexibility index (Phi) is 6.24. The third-order valence-electron chi connectivity index (χ3n) is 5.28. The molecule has 4 nitrogen and oxygen atoms in total. The fraction of sp³-hybridized carbons (Fsp3) is 0.409. The van der Waals surface area contributed by atoms with E-state index in [0.717, 1.165) is 17.7 Å². The van der Waals surface area contributed by atoms with E-state index in [2.05, 4.69) is 4.90 Å². The van der Waals surface area contributed by atoms with Crippen LogP contribution in [0.3, 0.4) is 0 Å². The Hall–Kier alpha value is -2.24. The van der Waals surface area contributed by atoms with Crippen molar-refractivity contribution in [1.29, 1.82) is 0 Å². The Morgan fingerprint density at radius 1 is 1.22 bits per heavy atom. The maximum absolute atomic E-state index is 13.1. The summed E-state index contributed by atoms with van der Waals surface area (Å²) in [6.07, 6.45) is 1.81.